The van der Waals surface area contributed by atoms with Gasteiger partial charge < -0.3 is 9.84 Å². The Labute approximate surface area is 307 Å². The van der Waals surface area contributed by atoms with Crippen LogP contribution in [0.25, 0.3) is 0 Å². The molecule has 4 aliphatic rings. The molecule has 3 aromatic carbocycles. The van der Waals surface area contributed by atoms with E-state index >= 15 is 0 Å². The molecule has 0 spiro atoms. The highest BCUT2D eigenvalue weighted by atomic mass is 127. The number of hydrogen-bond donors (Lipinski definition) is 1. The first-order valence-electron chi connectivity index (χ1n) is 15.0. The Morgan fingerprint density at radius 2 is 1.65 bits per heavy atom. The minimum Gasteiger partial charge on any atom is -0.504 e. The highest BCUT2D eigenvalue weighted by molar-refractivity contribution is 14.1. The Morgan fingerprint density at radius 1 is 0.979 bits per heavy atom. The predicted octanol–water partition coefficient (Wildman–Crippen LogP) is 6.15. The lowest BCUT2D eigenvalue weighted by Crippen LogP contribution is -2.60. The van der Waals surface area contributed by atoms with Crippen LogP contribution in [-0.2, 0) is 19.2 Å². The molecule has 0 aromatic heterocycles. The van der Waals surface area contributed by atoms with E-state index < -0.39 is 57.0 Å². The van der Waals surface area contributed by atoms with Gasteiger partial charge in [0.1, 0.15) is 0 Å². The lowest BCUT2D eigenvalue weighted by atomic mass is 9.56. The first kappa shape index (κ1) is 33.2. The van der Waals surface area contributed by atoms with Crippen LogP contribution in [0.3, 0.4) is 0 Å². The first-order valence-corrected chi connectivity index (χ1v) is 18.0. The number of benzene rings is 3. The van der Waals surface area contributed by atoms with Gasteiger partial charge in [-0.2, -0.15) is 0 Å². The summed E-state index contributed by atoms with van der Waals surface area (Å²) in [4.78, 5) is 67.3. The summed E-state index contributed by atoms with van der Waals surface area (Å²) in [7, 11) is 1.39. The average molecular weight is 864 g/mol. The molecular formula is C35H26BrCl2IN2O7. The van der Waals surface area contributed by atoms with Crippen molar-refractivity contribution in [1.29, 1.82) is 0 Å². The van der Waals surface area contributed by atoms with Crippen molar-refractivity contribution in [3.63, 3.8) is 0 Å². The molecule has 4 amide bonds. The number of imide groups is 2. The molecule has 6 atom stereocenters. The van der Waals surface area contributed by atoms with Gasteiger partial charge in [0.15, 0.2) is 27.0 Å². The molecule has 0 bridgehead atoms. The van der Waals surface area contributed by atoms with Crippen LogP contribution in [0.5, 0.6) is 11.5 Å². The van der Waals surface area contributed by atoms with Crippen LogP contribution in [0, 0.1) is 21.3 Å². The van der Waals surface area contributed by atoms with Gasteiger partial charge in [-0.05, 0) is 83.3 Å². The van der Waals surface area contributed by atoms with E-state index in [9.17, 15) is 29.1 Å². The number of amides is 4. The normalized spacial score (nSPS) is 29.4. The highest BCUT2D eigenvalue weighted by Gasteiger charge is 2.76. The molecule has 3 fully saturated rings. The SMILES string of the molecule is COc1cc([C@H]2C3=CC[C@@H]4C(=O)N(c5ccc(C(=O)c6ccccc6)cc5)C(=O)[C@@H]4[C@@H]3C[C@@]3(Cl)C(=O)N(CBr)C(=O)[C@@]23Cl)cc(I)c1O. The van der Waals surface area contributed by atoms with Crippen molar-refractivity contribution < 1.29 is 33.8 Å². The Kier molecular flexibility index (Phi) is 8.28. The van der Waals surface area contributed by atoms with Crippen LogP contribution >= 0.6 is 61.7 Å². The maximum Gasteiger partial charge on any atom is 0.254 e. The zero-order valence-corrected chi connectivity index (χ0v) is 30.4. The molecule has 0 radical (unpaired) electrons. The molecule has 13 heteroatoms. The molecule has 7 rings (SSSR count). The number of ketones is 1. The number of phenols is 1. The van der Waals surface area contributed by atoms with Crippen molar-refractivity contribution >= 4 is 96.8 Å². The van der Waals surface area contributed by atoms with Gasteiger partial charge >= 0.3 is 0 Å². The molecule has 2 saturated heterocycles. The van der Waals surface area contributed by atoms with Crippen LogP contribution in [0.1, 0.15) is 40.2 Å². The fourth-order valence-corrected chi connectivity index (χ4v) is 9.87. The van der Waals surface area contributed by atoms with Crippen molar-refractivity contribution in [3.8, 4) is 11.5 Å². The number of carbonyl (C=O) groups is 5. The lowest BCUT2D eigenvalue weighted by Gasteiger charge is -2.50. The number of hydrogen-bond acceptors (Lipinski definition) is 7. The van der Waals surface area contributed by atoms with E-state index in [0.717, 1.165) is 9.80 Å². The number of methoxy groups -OCH3 is 1. The van der Waals surface area contributed by atoms with Gasteiger partial charge in [0.25, 0.3) is 11.8 Å². The monoisotopic (exact) mass is 862 g/mol. The molecule has 246 valence electrons. The lowest BCUT2D eigenvalue weighted by molar-refractivity contribution is -0.138. The number of aromatic hydroxyl groups is 1. The minimum absolute atomic E-state index is 0.104. The topological polar surface area (TPSA) is 121 Å². The van der Waals surface area contributed by atoms with Crippen LogP contribution in [0.15, 0.2) is 78.4 Å². The molecule has 2 heterocycles. The van der Waals surface area contributed by atoms with Crippen molar-refractivity contribution in [2.45, 2.75) is 28.5 Å². The number of fused-ring (bicyclic) bond motifs is 4. The summed E-state index contributed by atoms with van der Waals surface area (Å²) >= 11 is 19.8. The van der Waals surface area contributed by atoms with Crippen molar-refractivity contribution in [2.75, 3.05) is 17.5 Å². The summed E-state index contributed by atoms with van der Waals surface area (Å²) in [5.74, 6) is -5.75. The van der Waals surface area contributed by atoms with E-state index in [4.69, 9.17) is 27.9 Å². The highest BCUT2D eigenvalue weighted by Crippen LogP contribution is 2.66. The fourth-order valence-electron chi connectivity index (χ4n) is 7.82. The molecule has 48 heavy (non-hydrogen) atoms. The number of rotatable bonds is 6. The van der Waals surface area contributed by atoms with Gasteiger partial charge in [0, 0.05) is 17.0 Å². The zero-order valence-electron chi connectivity index (χ0n) is 25.2. The molecule has 0 unspecified atom stereocenters. The smallest absolute Gasteiger partial charge is 0.254 e. The van der Waals surface area contributed by atoms with Gasteiger partial charge in [-0.25, -0.2) is 0 Å². The number of ether oxygens (including phenoxy) is 1. The van der Waals surface area contributed by atoms with E-state index in [1.807, 2.05) is 34.7 Å². The molecule has 9 nitrogen and oxygen atoms in total. The number of carbonyl (C=O) groups excluding carboxylic acids is 5. The molecule has 3 aromatic rings. The number of anilines is 1. The molecule has 2 aliphatic carbocycles. The summed E-state index contributed by atoms with van der Waals surface area (Å²) in [6.45, 7) is 0. The van der Waals surface area contributed by atoms with Crippen LogP contribution in [-0.4, -0.2) is 61.7 Å². The fraction of sp³-hybridized carbons (Fsp3) is 0.286. The van der Waals surface area contributed by atoms with E-state index in [1.54, 1.807) is 60.7 Å². The minimum atomic E-state index is -1.98. The van der Waals surface area contributed by atoms with Gasteiger partial charge in [-0.3, -0.25) is 33.8 Å². The summed E-state index contributed by atoms with van der Waals surface area (Å²) in [6.07, 6.45) is 1.88. The van der Waals surface area contributed by atoms with Crippen LogP contribution < -0.4 is 9.64 Å². The Balaban J connectivity index is 1.30. The van der Waals surface area contributed by atoms with Crippen LogP contribution in [0.2, 0.25) is 0 Å². The Bertz CT molecular complexity index is 1960. The zero-order chi connectivity index (χ0) is 34.3. The van der Waals surface area contributed by atoms with Crippen molar-refractivity contribution in [3.05, 3.63) is 98.6 Å². The first-order chi connectivity index (χ1) is 22.9. The summed E-state index contributed by atoms with van der Waals surface area (Å²) in [5, 5.41) is 10.6. The van der Waals surface area contributed by atoms with E-state index in [-0.39, 0.29) is 35.6 Å². The Hall–Kier alpha value is -3.26. The number of alkyl halides is 3. The van der Waals surface area contributed by atoms with E-state index in [0.29, 0.717) is 31.5 Å². The maximum absolute atomic E-state index is 14.3. The van der Waals surface area contributed by atoms with Crippen molar-refractivity contribution in [1.82, 2.24) is 4.90 Å². The second-order valence-corrected chi connectivity index (χ2v) is 15.2. The predicted molar refractivity (Wildman–Crippen MR) is 190 cm³/mol. The average Bonchev–Trinajstić information content (AvgIpc) is 3.43. The molecule has 1 N–H and O–H groups in total. The largest absolute Gasteiger partial charge is 0.504 e. The third-order valence-corrected chi connectivity index (χ3v) is 12.8. The molecular weight excluding hydrogens is 838 g/mol. The molecule has 1 saturated carbocycles. The maximum atomic E-state index is 14.3. The van der Waals surface area contributed by atoms with Gasteiger partial charge in [0.2, 0.25) is 11.8 Å². The van der Waals surface area contributed by atoms with E-state index in [2.05, 4.69) is 15.9 Å². The third kappa shape index (κ3) is 4.56. The number of likely N-dealkylation sites (tertiary alicyclic amines) is 1. The van der Waals surface area contributed by atoms with Gasteiger partial charge in [-0.1, -0.05) is 57.9 Å². The van der Waals surface area contributed by atoms with Crippen molar-refractivity contribution in [2.24, 2.45) is 17.8 Å². The summed E-state index contributed by atoms with van der Waals surface area (Å²) in [5.41, 5.74) is 2.19. The third-order valence-electron chi connectivity index (χ3n) is 10.0. The second-order valence-electron chi connectivity index (χ2n) is 12.3. The number of halogens is 4. The Morgan fingerprint density at radius 3 is 2.29 bits per heavy atom. The van der Waals surface area contributed by atoms with Gasteiger partial charge in [0.05, 0.1) is 33.7 Å². The number of phenolic OH excluding ortho intramolecular Hbond substituents is 1. The van der Waals surface area contributed by atoms with Crippen LogP contribution in [0.4, 0.5) is 5.69 Å². The quantitative estimate of drug-likeness (QED) is 0.0789. The summed E-state index contributed by atoms with van der Waals surface area (Å²) < 4.78 is 5.84. The standard InChI is InChI=1S/C35H26BrCl2IN2O7/c1-48-25-14-19(13-24(39)29(25)43)27-21-11-12-22-26(23(21)15-34(37)32(46)40(16-36)33(47)35(27,34)38)31(45)41(30(22)44)20-9-7-18(8-10-20)28(42)17-5-3-2-4-6-17/h2-11,13-14,22-23,26-27,43H,12,15-16H2,1H3/t22-,23+,26-,27-,34+,35-/m0/s1. The number of nitrogens with zero attached hydrogens (tertiary/aromatic N) is 2. The molecule has 2 aliphatic heterocycles. The number of allylic oxidation sites excluding steroid dienone is 2. The van der Waals surface area contributed by atoms with Gasteiger partial charge in [-0.15, -0.1) is 23.2 Å². The summed E-state index contributed by atoms with van der Waals surface area (Å²) in [6, 6.07) is 18.3. The van der Waals surface area contributed by atoms with E-state index in [1.165, 1.54) is 7.11 Å². The second kappa shape index (κ2) is 12.0.